The highest BCUT2D eigenvalue weighted by molar-refractivity contribution is 6.03. The first-order valence-electron chi connectivity index (χ1n) is 11.4. The van der Waals surface area contributed by atoms with Crippen LogP contribution in [0.2, 0.25) is 0 Å². The van der Waals surface area contributed by atoms with Crippen LogP contribution in [-0.2, 0) is 30.6 Å². The van der Waals surface area contributed by atoms with Crippen LogP contribution in [0.3, 0.4) is 0 Å². The van der Waals surface area contributed by atoms with Gasteiger partial charge in [0.2, 0.25) is 0 Å². The maximum atomic E-state index is 13.5. The molecule has 0 unspecified atom stereocenters. The van der Waals surface area contributed by atoms with Gasteiger partial charge in [-0.1, -0.05) is 31.0 Å². The van der Waals surface area contributed by atoms with Gasteiger partial charge >= 0.3 is 5.97 Å². The summed E-state index contributed by atoms with van der Waals surface area (Å²) in [6.07, 6.45) is 6.89. The van der Waals surface area contributed by atoms with Gasteiger partial charge in [0.05, 0.1) is 13.0 Å². The lowest BCUT2D eigenvalue weighted by molar-refractivity contribution is -0.136. The topological polar surface area (TPSA) is 101 Å². The van der Waals surface area contributed by atoms with Gasteiger partial charge in [0.15, 0.2) is 0 Å². The summed E-state index contributed by atoms with van der Waals surface area (Å²) in [5, 5.41) is 11.5. The van der Waals surface area contributed by atoms with E-state index in [1.807, 2.05) is 0 Å². The SMILES string of the molecule is O=C(O)Cc1ccc(NC(=O)c2cc3c(n(Cc4ccc(F)cc4)c2=O)CCCCCC3)nc1. The first-order chi connectivity index (χ1) is 16.4. The molecule has 0 fully saturated rings. The van der Waals surface area contributed by atoms with Crippen molar-refractivity contribution in [1.82, 2.24) is 9.55 Å². The summed E-state index contributed by atoms with van der Waals surface area (Å²) in [6.45, 7) is 0.255. The van der Waals surface area contributed by atoms with E-state index >= 15 is 0 Å². The molecule has 3 aromatic rings. The van der Waals surface area contributed by atoms with E-state index in [4.69, 9.17) is 5.11 Å². The molecule has 0 atom stereocenters. The molecule has 1 amide bonds. The van der Waals surface area contributed by atoms with E-state index in [1.165, 1.54) is 24.4 Å². The van der Waals surface area contributed by atoms with Gasteiger partial charge in [-0.15, -0.1) is 0 Å². The van der Waals surface area contributed by atoms with Crippen molar-refractivity contribution >= 4 is 17.7 Å². The van der Waals surface area contributed by atoms with Crippen LogP contribution in [0.25, 0.3) is 0 Å². The maximum Gasteiger partial charge on any atom is 0.307 e. The number of pyridine rings is 2. The van der Waals surface area contributed by atoms with E-state index in [0.29, 0.717) is 5.56 Å². The molecule has 1 aliphatic carbocycles. The van der Waals surface area contributed by atoms with Crippen LogP contribution >= 0.6 is 0 Å². The highest BCUT2D eigenvalue weighted by Crippen LogP contribution is 2.21. The Kier molecular flexibility index (Phi) is 7.15. The number of aromatic nitrogens is 2. The van der Waals surface area contributed by atoms with Crippen LogP contribution in [0.1, 0.15) is 58.4 Å². The predicted octanol–water partition coefficient (Wildman–Crippen LogP) is 3.97. The van der Waals surface area contributed by atoms with Gasteiger partial charge in [-0.2, -0.15) is 0 Å². The van der Waals surface area contributed by atoms with Gasteiger partial charge in [-0.3, -0.25) is 14.4 Å². The largest absolute Gasteiger partial charge is 0.481 e. The van der Waals surface area contributed by atoms with Gasteiger partial charge < -0.3 is 15.0 Å². The number of hydrogen-bond acceptors (Lipinski definition) is 4. The van der Waals surface area contributed by atoms with Crippen LogP contribution in [0.4, 0.5) is 10.2 Å². The quantitative estimate of drug-likeness (QED) is 0.576. The summed E-state index contributed by atoms with van der Waals surface area (Å²) in [6, 6.07) is 10.8. The third kappa shape index (κ3) is 5.57. The normalized spacial score (nSPS) is 13.4. The smallest absolute Gasteiger partial charge is 0.307 e. The molecule has 0 radical (unpaired) electrons. The molecule has 1 aromatic carbocycles. The van der Waals surface area contributed by atoms with Gasteiger partial charge in [0.25, 0.3) is 11.5 Å². The Morgan fingerprint density at radius 1 is 1.00 bits per heavy atom. The van der Waals surface area contributed by atoms with E-state index in [9.17, 15) is 18.8 Å². The number of amides is 1. The number of hydrogen-bond donors (Lipinski definition) is 2. The molecule has 176 valence electrons. The summed E-state index contributed by atoms with van der Waals surface area (Å²) in [7, 11) is 0. The zero-order chi connectivity index (χ0) is 24.1. The lowest BCUT2D eigenvalue weighted by atomic mass is 9.95. The van der Waals surface area contributed by atoms with Crippen LogP contribution < -0.4 is 10.9 Å². The van der Waals surface area contributed by atoms with Crippen molar-refractivity contribution in [2.75, 3.05) is 5.32 Å². The van der Waals surface area contributed by atoms with Crippen LogP contribution in [-0.4, -0.2) is 26.5 Å². The molecular weight excluding hydrogens is 437 g/mol. The van der Waals surface area contributed by atoms with E-state index < -0.39 is 17.4 Å². The van der Waals surface area contributed by atoms with Crippen molar-refractivity contribution in [1.29, 1.82) is 0 Å². The van der Waals surface area contributed by atoms with Gasteiger partial charge in [0.1, 0.15) is 17.2 Å². The summed E-state index contributed by atoms with van der Waals surface area (Å²) >= 11 is 0. The second kappa shape index (κ2) is 10.4. The molecule has 0 bridgehead atoms. The molecule has 1 aliphatic rings. The first-order valence-corrected chi connectivity index (χ1v) is 11.4. The molecule has 0 spiro atoms. The van der Waals surface area contributed by atoms with Crippen LogP contribution in [0.15, 0.2) is 53.5 Å². The average Bonchev–Trinajstić information content (AvgIpc) is 2.79. The molecule has 0 saturated heterocycles. The second-order valence-electron chi connectivity index (χ2n) is 8.54. The Morgan fingerprint density at radius 3 is 2.38 bits per heavy atom. The molecule has 34 heavy (non-hydrogen) atoms. The molecule has 0 saturated carbocycles. The summed E-state index contributed by atoms with van der Waals surface area (Å²) in [5.41, 5.74) is 2.83. The van der Waals surface area contributed by atoms with Gasteiger partial charge in [-0.05, 0) is 66.6 Å². The number of carbonyl (C=O) groups is 2. The summed E-state index contributed by atoms with van der Waals surface area (Å²) in [4.78, 5) is 41.5. The molecule has 7 nitrogen and oxygen atoms in total. The number of halogens is 1. The highest BCUT2D eigenvalue weighted by atomic mass is 19.1. The average molecular weight is 464 g/mol. The van der Waals surface area contributed by atoms with E-state index in [-0.39, 0.29) is 30.2 Å². The van der Waals surface area contributed by atoms with Crippen molar-refractivity contribution in [3.05, 3.63) is 92.8 Å². The molecule has 4 rings (SSSR count). The fraction of sp³-hybridized carbons (Fsp3) is 0.308. The van der Waals surface area contributed by atoms with Gasteiger partial charge in [-0.25, -0.2) is 9.37 Å². The van der Waals surface area contributed by atoms with Crippen molar-refractivity contribution in [3.63, 3.8) is 0 Å². The lowest BCUT2D eigenvalue weighted by Crippen LogP contribution is -2.33. The zero-order valence-electron chi connectivity index (χ0n) is 18.7. The first kappa shape index (κ1) is 23.4. The van der Waals surface area contributed by atoms with Crippen LogP contribution in [0.5, 0.6) is 0 Å². The summed E-state index contributed by atoms with van der Waals surface area (Å²) < 4.78 is 15.0. The Morgan fingerprint density at radius 2 is 1.71 bits per heavy atom. The Bertz CT molecular complexity index is 1250. The van der Waals surface area contributed by atoms with E-state index in [1.54, 1.807) is 28.8 Å². The maximum absolute atomic E-state index is 13.5. The molecule has 8 heteroatoms. The number of carboxylic acids is 1. The third-order valence-electron chi connectivity index (χ3n) is 6.02. The monoisotopic (exact) mass is 463 g/mol. The number of nitrogens with zero attached hydrogens (tertiary/aromatic N) is 2. The Balaban J connectivity index is 1.68. The fourth-order valence-corrected chi connectivity index (χ4v) is 4.30. The minimum Gasteiger partial charge on any atom is -0.481 e. The minimum atomic E-state index is -0.971. The molecule has 2 heterocycles. The van der Waals surface area contributed by atoms with E-state index in [0.717, 1.165) is 55.3 Å². The third-order valence-corrected chi connectivity index (χ3v) is 6.02. The number of benzene rings is 1. The number of fused-ring (bicyclic) bond motifs is 1. The van der Waals surface area contributed by atoms with Crippen LogP contribution in [0, 0.1) is 5.82 Å². The number of carboxylic acid groups (broad SMARTS) is 1. The summed E-state index contributed by atoms with van der Waals surface area (Å²) in [5.74, 6) is -1.65. The zero-order valence-corrected chi connectivity index (χ0v) is 18.7. The molecule has 2 N–H and O–H groups in total. The standard InChI is InChI=1S/C26H26FN3O4/c27-20-10-7-17(8-11-20)16-30-22-6-4-2-1-3-5-19(22)14-21(26(30)34)25(33)29-23-12-9-18(15-28-23)13-24(31)32/h7-12,14-15H,1-6,13,16H2,(H,31,32)(H,28,29,33). The Labute approximate surface area is 196 Å². The fourth-order valence-electron chi connectivity index (χ4n) is 4.30. The number of anilines is 1. The number of aryl methyl sites for hydroxylation is 1. The highest BCUT2D eigenvalue weighted by Gasteiger charge is 2.21. The molecule has 0 aliphatic heterocycles. The minimum absolute atomic E-state index is 0.0258. The molecule has 2 aromatic heterocycles. The van der Waals surface area contributed by atoms with Gasteiger partial charge in [0, 0.05) is 11.9 Å². The Hall–Kier alpha value is -3.81. The van der Waals surface area contributed by atoms with Crippen molar-refractivity contribution in [2.45, 2.75) is 51.5 Å². The van der Waals surface area contributed by atoms with E-state index in [2.05, 4.69) is 10.3 Å². The molecular formula is C26H26FN3O4. The second-order valence-corrected chi connectivity index (χ2v) is 8.54. The predicted molar refractivity (Wildman–Crippen MR) is 126 cm³/mol. The number of nitrogens with one attached hydrogen (secondary N) is 1. The number of aliphatic carboxylic acids is 1. The number of carbonyl (C=O) groups excluding carboxylic acids is 1. The lowest BCUT2D eigenvalue weighted by Gasteiger charge is -2.21. The van der Waals surface area contributed by atoms with Crippen molar-refractivity contribution in [3.8, 4) is 0 Å². The number of rotatable bonds is 6. The van der Waals surface area contributed by atoms with Crippen molar-refractivity contribution in [2.24, 2.45) is 0 Å². The van der Waals surface area contributed by atoms with Crippen molar-refractivity contribution < 1.29 is 19.1 Å².